The van der Waals surface area contributed by atoms with E-state index in [2.05, 4.69) is 15.0 Å². The van der Waals surface area contributed by atoms with Crippen molar-refractivity contribution in [3.63, 3.8) is 0 Å². The lowest BCUT2D eigenvalue weighted by atomic mass is 9.95. The number of anilines is 1. The monoisotopic (exact) mass is 423 g/mol. The molecule has 0 spiro atoms. The van der Waals surface area contributed by atoms with Gasteiger partial charge in [0.25, 0.3) is 0 Å². The summed E-state index contributed by atoms with van der Waals surface area (Å²) >= 11 is 1.25. The van der Waals surface area contributed by atoms with E-state index in [1.165, 1.54) is 22.1 Å². The van der Waals surface area contributed by atoms with E-state index in [9.17, 15) is 19.1 Å². The Morgan fingerprint density at radius 2 is 2.07 bits per heavy atom. The summed E-state index contributed by atoms with van der Waals surface area (Å²) in [5.41, 5.74) is -0.151. The highest BCUT2D eigenvalue weighted by Gasteiger charge is 2.32. The van der Waals surface area contributed by atoms with Gasteiger partial charge >= 0.3 is 5.97 Å². The summed E-state index contributed by atoms with van der Waals surface area (Å²) in [4.78, 5) is 38.8. The highest BCUT2D eigenvalue weighted by atomic mass is 32.1. The smallest absolute Gasteiger partial charge is 0.341 e. The van der Waals surface area contributed by atoms with Crippen LogP contribution in [0.3, 0.4) is 0 Å². The van der Waals surface area contributed by atoms with Crippen molar-refractivity contribution in [3.05, 3.63) is 75.5 Å². The molecule has 0 atom stereocenters. The van der Waals surface area contributed by atoms with Crippen molar-refractivity contribution in [2.75, 3.05) is 18.0 Å². The second-order valence-electron chi connectivity index (χ2n) is 6.88. The van der Waals surface area contributed by atoms with Crippen LogP contribution < -0.4 is 10.3 Å². The standard InChI is InChI=1S/C20H14FN5O3S/c21-14-7-12-16(27)13(19(28)29)10-26(20-23-5-6-30-20)17(12)24-18(14)25-8-11(9-25)15-3-1-2-4-22-15/h1-7,10-11H,8-9H2,(H,28,29). The molecule has 30 heavy (non-hydrogen) atoms. The summed E-state index contributed by atoms with van der Waals surface area (Å²) in [7, 11) is 0. The fourth-order valence-corrected chi connectivity index (χ4v) is 4.14. The summed E-state index contributed by atoms with van der Waals surface area (Å²) in [6.07, 6.45) is 4.47. The van der Waals surface area contributed by atoms with Crippen molar-refractivity contribution in [2.45, 2.75) is 5.92 Å². The third-order valence-corrected chi connectivity index (χ3v) is 5.83. The average molecular weight is 423 g/mol. The third kappa shape index (κ3) is 2.92. The van der Waals surface area contributed by atoms with Gasteiger partial charge in [-0.1, -0.05) is 6.07 Å². The van der Waals surface area contributed by atoms with E-state index in [0.717, 1.165) is 11.8 Å². The average Bonchev–Trinajstić information content (AvgIpc) is 3.23. The van der Waals surface area contributed by atoms with Crippen molar-refractivity contribution >= 4 is 34.2 Å². The zero-order valence-electron chi connectivity index (χ0n) is 15.4. The van der Waals surface area contributed by atoms with Gasteiger partial charge in [0.05, 0.1) is 5.39 Å². The van der Waals surface area contributed by atoms with Crippen LogP contribution >= 0.6 is 11.3 Å². The topological polar surface area (TPSA) is 101 Å². The Morgan fingerprint density at radius 1 is 1.23 bits per heavy atom. The minimum Gasteiger partial charge on any atom is -0.477 e. The molecule has 0 radical (unpaired) electrons. The van der Waals surface area contributed by atoms with Crippen molar-refractivity contribution in [1.29, 1.82) is 0 Å². The quantitative estimate of drug-likeness (QED) is 0.538. The van der Waals surface area contributed by atoms with Crippen molar-refractivity contribution < 1.29 is 14.3 Å². The molecule has 150 valence electrons. The van der Waals surface area contributed by atoms with Crippen LogP contribution in [-0.4, -0.2) is 43.7 Å². The molecular weight excluding hydrogens is 409 g/mol. The van der Waals surface area contributed by atoms with E-state index in [1.807, 2.05) is 18.2 Å². The lowest BCUT2D eigenvalue weighted by Crippen LogP contribution is -2.46. The molecule has 1 N–H and O–H groups in total. The molecule has 5 rings (SSSR count). The molecule has 0 unspecified atom stereocenters. The molecule has 0 amide bonds. The van der Waals surface area contributed by atoms with E-state index in [1.54, 1.807) is 22.7 Å². The van der Waals surface area contributed by atoms with Gasteiger partial charge in [-0.15, -0.1) is 11.3 Å². The largest absolute Gasteiger partial charge is 0.477 e. The SMILES string of the molecule is O=C(O)c1cn(-c2nccs2)c2nc(N3CC(c4ccccn4)C3)c(F)cc2c1=O. The Morgan fingerprint density at radius 3 is 2.73 bits per heavy atom. The normalized spacial score (nSPS) is 14.1. The molecule has 0 bridgehead atoms. The number of halogens is 1. The first-order valence-corrected chi connectivity index (χ1v) is 9.96. The summed E-state index contributed by atoms with van der Waals surface area (Å²) in [6, 6.07) is 6.74. The first kappa shape index (κ1) is 18.4. The van der Waals surface area contributed by atoms with Gasteiger partial charge in [-0.3, -0.25) is 14.3 Å². The maximum absolute atomic E-state index is 14.9. The molecule has 4 aromatic heterocycles. The lowest BCUT2D eigenvalue weighted by Gasteiger charge is -2.40. The Balaban J connectivity index is 1.61. The Hall–Kier alpha value is -3.66. The molecule has 4 aromatic rings. The highest BCUT2D eigenvalue weighted by Crippen LogP contribution is 2.32. The van der Waals surface area contributed by atoms with Crippen molar-refractivity contribution in [2.24, 2.45) is 0 Å². The Kier molecular flexibility index (Phi) is 4.28. The predicted octanol–water partition coefficient (Wildman–Crippen LogP) is 2.68. The van der Waals surface area contributed by atoms with Crippen LogP contribution in [0, 0.1) is 5.82 Å². The Labute approximate surface area is 172 Å². The third-order valence-electron chi connectivity index (χ3n) is 5.06. The number of aromatic nitrogens is 4. The zero-order chi connectivity index (χ0) is 20.8. The van der Waals surface area contributed by atoms with E-state index >= 15 is 0 Å². The summed E-state index contributed by atoms with van der Waals surface area (Å²) in [5.74, 6) is -1.79. The second kappa shape index (κ2) is 6.99. The summed E-state index contributed by atoms with van der Waals surface area (Å²) in [6.45, 7) is 1.09. The molecule has 5 heterocycles. The maximum Gasteiger partial charge on any atom is 0.341 e. The van der Waals surface area contributed by atoms with Crippen LogP contribution in [0.25, 0.3) is 16.2 Å². The number of carboxylic acids is 1. The maximum atomic E-state index is 14.9. The number of nitrogens with zero attached hydrogens (tertiary/aromatic N) is 5. The number of aromatic carboxylic acids is 1. The van der Waals surface area contributed by atoms with Gasteiger partial charge in [0, 0.05) is 48.7 Å². The molecule has 1 fully saturated rings. The minimum atomic E-state index is -1.39. The molecule has 0 aromatic carbocycles. The first-order chi connectivity index (χ1) is 14.5. The number of carboxylic acid groups (broad SMARTS) is 1. The van der Waals surface area contributed by atoms with Crippen LogP contribution in [0.2, 0.25) is 0 Å². The lowest BCUT2D eigenvalue weighted by molar-refractivity contribution is 0.0695. The fraction of sp³-hybridized carbons (Fsp3) is 0.150. The van der Waals surface area contributed by atoms with E-state index in [4.69, 9.17) is 0 Å². The van der Waals surface area contributed by atoms with Gasteiger partial charge in [-0.05, 0) is 18.2 Å². The Bertz CT molecular complexity index is 1320. The minimum absolute atomic E-state index is 0.104. The highest BCUT2D eigenvalue weighted by molar-refractivity contribution is 7.12. The van der Waals surface area contributed by atoms with Gasteiger partial charge in [0.15, 0.2) is 22.4 Å². The number of thiazole rings is 1. The number of hydrogen-bond donors (Lipinski definition) is 1. The summed E-state index contributed by atoms with van der Waals surface area (Å²) in [5, 5.41) is 11.4. The van der Waals surface area contributed by atoms with Gasteiger partial charge in [0.1, 0.15) is 5.56 Å². The molecule has 8 nitrogen and oxygen atoms in total. The predicted molar refractivity (Wildman–Crippen MR) is 109 cm³/mol. The van der Waals surface area contributed by atoms with Crippen LogP contribution in [0.4, 0.5) is 10.2 Å². The number of carbonyl (C=O) groups is 1. The summed E-state index contributed by atoms with van der Waals surface area (Å²) < 4.78 is 16.3. The molecule has 0 aliphatic carbocycles. The van der Waals surface area contributed by atoms with Gasteiger partial charge in [-0.2, -0.15) is 0 Å². The van der Waals surface area contributed by atoms with Gasteiger partial charge < -0.3 is 10.0 Å². The van der Waals surface area contributed by atoms with Crippen molar-refractivity contribution in [3.8, 4) is 5.13 Å². The molecule has 1 saturated heterocycles. The van der Waals surface area contributed by atoms with E-state index < -0.39 is 22.8 Å². The van der Waals surface area contributed by atoms with Crippen LogP contribution in [-0.2, 0) is 0 Å². The van der Waals surface area contributed by atoms with Crippen LogP contribution in [0.1, 0.15) is 22.0 Å². The van der Waals surface area contributed by atoms with E-state index in [-0.39, 0.29) is 22.8 Å². The number of fused-ring (bicyclic) bond motifs is 1. The molecule has 1 aliphatic heterocycles. The first-order valence-electron chi connectivity index (χ1n) is 9.08. The number of hydrogen-bond acceptors (Lipinski definition) is 7. The molecule has 1 aliphatic rings. The van der Waals surface area contributed by atoms with Crippen LogP contribution in [0.15, 0.2) is 53.0 Å². The molecule has 0 saturated carbocycles. The number of pyridine rings is 3. The van der Waals surface area contributed by atoms with Crippen LogP contribution in [0.5, 0.6) is 0 Å². The van der Waals surface area contributed by atoms with Gasteiger partial charge in [0.2, 0.25) is 5.43 Å². The fourth-order valence-electron chi connectivity index (χ4n) is 3.53. The van der Waals surface area contributed by atoms with Crippen molar-refractivity contribution in [1.82, 2.24) is 19.5 Å². The zero-order valence-corrected chi connectivity index (χ0v) is 16.2. The molecule has 10 heteroatoms. The van der Waals surface area contributed by atoms with E-state index in [0.29, 0.717) is 18.2 Å². The number of rotatable bonds is 4. The second-order valence-corrected chi connectivity index (χ2v) is 7.76. The van der Waals surface area contributed by atoms with Gasteiger partial charge in [-0.25, -0.2) is 19.2 Å². The molecular formula is C20H14FN5O3S.